The Balaban J connectivity index is 0. The molecule has 0 unspecified atom stereocenters. The van der Waals surface area contributed by atoms with E-state index in [2.05, 4.69) is 16.6 Å². The summed E-state index contributed by atoms with van der Waals surface area (Å²) >= 11 is 4.64. The zero-order valence-electron chi connectivity index (χ0n) is 16.4. The van der Waals surface area contributed by atoms with Crippen molar-refractivity contribution < 1.29 is 14.3 Å². The van der Waals surface area contributed by atoms with Gasteiger partial charge < -0.3 is 4.74 Å². The summed E-state index contributed by atoms with van der Waals surface area (Å²) in [5.74, 6) is 0.0875. The van der Waals surface area contributed by atoms with Gasteiger partial charge in [-0.1, -0.05) is 48.5 Å². The number of benzene rings is 2. The summed E-state index contributed by atoms with van der Waals surface area (Å²) in [5.41, 5.74) is 2.59. The van der Waals surface area contributed by atoms with Crippen molar-refractivity contribution in [1.82, 2.24) is 0 Å². The van der Waals surface area contributed by atoms with E-state index in [-0.39, 0.29) is 29.5 Å². The molecule has 0 saturated carbocycles. The molecule has 152 valence electrons. The van der Waals surface area contributed by atoms with Crippen LogP contribution in [0.2, 0.25) is 0 Å². The van der Waals surface area contributed by atoms with Crippen molar-refractivity contribution in [2.45, 2.75) is 27.7 Å². The smallest absolute Gasteiger partial charge is 0.242 e. The fourth-order valence-corrected chi connectivity index (χ4v) is 1.80. The van der Waals surface area contributed by atoms with Crippen LogP contribution in [-0.2, 0) is 14.3 Å². The monoisotopic (exact) mass is 424 g/mol. The van der Waals surface area contributed by atoms with Crippen LogP contribution >= 0.6 is 24.0 Å². The number of hydrogen-bond donors (Lipinski definition) is 1. The highest BCUT2D eigenvalue weighted by molar-refractivity contribution is 6.62. The number of halogens is 2. The zero-order valence-corrected chi connectivity index (χ0v) is 18.0. The first-order valence-corrected chi connectivity index (χ1v) is 8.69. The van der Waals surface area contributed by atoms with Crippen LogP contribution in [0.5, 0.6) is 0 Å². The van der Waals surface area contributed by atoms with Crippen LogP contribution in [0, 0.1) is 5.41 Å². The summed E-state index contributed by atoms with van der Waals surface area (Å²) in [6.45, 7) is 7.00. The molecule has 0 saturated heterocycles. The number of nitrogens with one attached hydrogen (secondary N) is 1. The summed E-state index contributed by atoms with van der Waals surface area (Å²) < 4.78 is 5.01. The standard InChI is InChI=1S/C10H11NO.C9H11NO.C2H3ClO.ClH/c1-8(11-9(2)12)10-6-4-3-5-7-10;1-2-11-9(10)8-6-4-3-5-7-8;1-2(3)4;/h3-7H,1-2H3;3-7,10H,2H2,1H3;1H3;1H. The molecule has 0 spiro atoms. The Hall–Kier alpha value is -2.50. The molecule has 5 nitrogen and oxygen atoms in total. The van der Waals surface area contributed by atoms with Crippen LogP contribution in [0.15, 0.2) is 65.7 Å². The Morgan fingerprint density at radius 1 is 0.929 bits per heavy atom. The van der Waals surface area contributed by atoms with Crippen LogP contribution in [0.4, 0.5) is 0 Å². The highest BCUT2D eigenvalue weighted by Gasteiger charge is 1.97. The molecule has 0 radical (unpaired) electrons. The molecule has 28 heavy (non-hydrogen) atoms. The quantitative estimate of drug-likeness (QED) is 0.413. The fraction of sp³-hybridized carbons (Fsp3) is 0.238. The van der Waals surface area contributed by atoms with Gasteiger partial charge in [0.05, 0.1) is 6.61 Å². The molecular weight excluding hydrogens is 399 g/mol. The first-order chi connectivity index (χ1) is 12.8. The van der Waals surface area contributed by atoms with Gasteiger partial charge in [0.15, 0.2) is 0 Å². The minimum atomic E-state index is -0.361. The number of carbonyl (C=O) groups excluding carboxylic acids is 2. The highest BCUT2D eigenvalue weighted by Crippen LogP contribution is 2.01. The lowest BCUT2D eigenvalue weighted by atomic mass is 10.1. The third-order valence-corrected chi connectivity index (χ3v) is 2.84. The Kier molecular flexibility index (Phi) is 16.5. The maximum Gasteiger partial charge on any atom is 0.242 e. The molecule has 0 bridgehead atoms. The molecular formula is C21H26Cl2N2O3. The molecule has 0 heterocycles. The third-order valence-electron chi connectivity index (χ3n) is 2.84. The molecule has 0 atom stereocenters. The minimum Gasteiger partial charge on any atom is -0.478 e. The molecule has 1 amide bonds. The average Bonchev–Trinajstić information content (AvgIpc) is 2.63. The summed E-state index contributed by atoms with van der Waals surface area (Å²) in [6.07, 6.45) is 0. The molecule has 2 aromatic carbocycles. The fourth-order valence-electron chi connectivity index (χ4n) is 1.80. The number of carbonyl (C=O) groups is 2. The van der Waals surface area contributed by atoms with Crippen LogP contribution in [0.1, 0.15) is 38.8 Å². The largest absolute Gasteiger partial charge is 0.478 e. The summed E-state index contributed by atoms with van der Waals surface area (Å²) in [4.78, 5) is 23.7. The van der Waals surface area contributed by atoms with Crippen LogP contribution in [0.3, 0.4) is 0 Å². The van der Waals surface area contributed by atoms with Gasteiger partial charge in [-0.2, -0.15) is 0 Å². The number of nitrogens with zero attached hydrogens (tertiary/aromatic N) is 1. The maximum atomic E-state index is 10.6. The lowest BCUT2D eigenvalue weighted by molar-refractivity contribution is -0.115. The Morgan fingerprint density at radius 2 is 1.32 bits per heavy atom. The minimum absolute atomic E-state index is 0. The van der Waals surface area contributed by atoms with E-state index < -0.39 is 0 Å². The van der Waals surface area contributed by atoms with Crippen LogP contribution in [-0.4, -0.2) is 29.4 Å². The van der Waals surface area contributed by atoms with E-state index in [9.17, 15) is 9.59 Å². The van der Waals surface area contributed by atoms with Crippen molar-refractivity contribution in [3.05, 3.63) is 71.8 Å². The molecule has 0 aliphatic heterocycles. The lowest BCUT2D eigenvalue weighted by Gasteiger charge is -2.02. The highest BCUT2D eigenvalue weighted by atomic mass is 35.5. The molecule has 7 heteroatoms. The first-order valence-electron chi connectivity index (χ1n) is 8.32. The Labute approximate surface area is 177 Å². The van der Waals surface area contributed by atoms with Crippen molar-refractivity contribution in [2.75, 3.05) is 6.61 Å². The van der Waals surface area contributed by atoms with Crippen molar-refractivity contribution in [1.29, 1.82) is 5.41 Å². The topological polar surface area (TPSA) is 79.6 Å². The maximum absolute atomic E-state index is 10.6. The predicted octanol–water partition coefficient (Wildman–Crippen LogP) is 5.28. The van der Waals surface area contributed by atoms with Crippen molar-refractivity contribution in [2.24, 2.45) is 4.99 Å². The van der Waals surface area contributed by atoms with E-state index >= 15 is 0 Å². The van der Waals surface area contributed by atoms with E-state index in [1.165, 1.54) is 13.8 Å². The van der Waals surface area contributed by atoms with E-state index in [1.807, 2.05) is 74.5 Å². The van der Waals surface area contributed by atoms with Gasteiger partial charge in [0.1, 0.15) is 0 Å². The molecule has 0 aliphatic carbocycles. The van der Waals surface area contributed by atoms with Gasteiger partial charge >= 0.3 is 0 Å². The molecule has 1 N–H and O–H groups in total. The Bertz CT molecular complexity index is 745. The molecule has 0 aliphatic rings. The molecule has 2 aromatic rings. The van der Waals surface area contributed by atoms with Gasteiger partial charge in [-0.15, -0.1) is 12.4 Å². The number of hydrogen-bond acceptors (Lipinski definition) is 4. The van der Waals surface area contributed by atoms with Crippen molar-refractivity contribution in [3.63, 3.8) is 0 Å². The second-order valence-corrected chi connectivity index (χ2v) is 5.71. The SMILES string of the molecule is CC(=O)Cl.CC(=O)N=C(C)c1ccccc1.CCOC(=N)c1ccccc1.Cl. The van der Waals surface area contributed by atoms with Gasteiger partial charge in [-0.3, -0.25) is 15.0 Å². The first kappa shape index (κ1) is 27.7. The summed E-state index contributed by atoms with van der Waals surface area (Å²) in [6, 6.07) is 19.1. The number of aliphatic imine (C=N–C) groups is 1. The van der Waals surface area contributed by atoms with Gasteiger partial charge in [0, 0.05) is 25.1 Å². The van der Waals surface area contributed by atoms with Crippen molar-refractivity contribution in [3.8, 4) is 0 Å². The summed E-state index contributed by atoms with van der Waals surface area (Å²) in [5, 5.41) is 7.05. The van der Waals surface area contributed by atoms with E-state index in [0.717, 1.165) is 16.8 Å². The molecule has 0 fully saturated rings. The number of rotatable bonds is 3. The number of amides is 1. The van der Waals surface area contributed by atoms with Crippen molar-refractivity contribution >= 4 is 46.8 Å². The number of ether oxygens (including phenoxy) is 1. The Morgan fingerprint density at radius 3 is 1.68 bits per heavy atom. The van der Waals surface area contributed by atoms with E-state index in [1.54, 1.807) is 0 Å². The van der Waals surface area contributed by atoms with E-state index in [0.29, 0.717) is 6.61 Å². The van der Waals surface area contributed by atoms with Crippen LogP contribution < -0.4 is 0 Å². The normalized spacial score (nSPS) is 9.39. The zero-order chi connectivity index (χ0) is 20.7. The average molecular weight is 425 g/mol. The van der Waals surface area contributed by atoms with Gasteiger partial charge in [-0.05, 0) is 43.1 Å². The molecule has 0 aromatic heterocycles. The van der Waals surface area contributed by atoms with Gasteiger partial charge in [0.25, 0.3) is 0 Å². The van der Waals surface area contributed by atoms with Gasteiger partial charge in [0.2, 0.25) is 17.0 Å². The molecule has 2 rings (SSSR count). The third kappa shape index (κ3) is 14.6. The van der Waals surface area contributed by atoms with E-state index in [4.69, 9.17) is 10.1 Å². The second kappa shape index (κ2) is 16.7. The summed E-state index contributed by atoms with van der Waals surface area (Å²) in [7, 11) is 0. The predicted molar refractivity (Wildman–Crippen MR) is 118 cm³/mol. The lowest BCUT2D eigenvalue weighted by Crippen LogP contribution is -2.03. The van der Waals surface area contributed by atoms with Gasteiger partial charge in [-0.25, -0.2) is 4.99 Å². The second-order valence-electron chi connectivity index (χ2n) is 5.18. The van der Waals surface area contributed by atoms with Crippen LogP contribution in [0.25, 0.3) is 0 Å².